The smallest absolute Gasteiger partial charge is 0.277 e. The summed E-state index contributed by atoms with van der Waals surface area (Å²) in [6.07, 6.45) is 1.69. The third-order valence-corrected chi connectivity index (χ3v) is 4.99. The van der Waals surface area contributed by atoms with Crippen LogP contribution in [0.25, 0.3) is 15.9 Å². The second-order valence-corrected chi connectivity index (χ2v) is 7.43. The number of hydrogen-bond acceptors (Lipinski definition) is 5. The molecule has 0 atom stereocenters. The maximum Gasteiger partial charge on any atom is 0.277 e. The maximum atomic E-state index is 12.5. The standard InChI is InChI=1S/C19H14ClN5O2S/c1-11(26)21-13-5-6-15-17(10-13)28-19(22-15)23-18(27)16-7-8-25(24-16)14-4-2-3-12(20)9-14/h2-10H,1H3,(H,21,26)(H,22,23,27). The molecule has 0 radical (unpaired) electrons. The highest BCUT2D eigenvalue weighted by Gasteiger charge is 2.14. The molecule has 0 saturated heterocycles. The Balaban J connectivity index is 1.53. The highest BCUT2D eigenvalue weighted by Crippen LogP contribution is 2.28. The van der Waals surface area contributed by atoms with E-state index in [4.69, 9.17) is 11.6 Å². The molecule has 0 spiro atoms. The molecule has 7 nitrogen and oxygen atoms in total. The van der Waals surface area contributed by atoms with Gasteiger partial charge in [-0.05, 0) is 42.5 Å². The number of carbonyl (C=O) groups excluding carboxylic acids is 2. The van der Waals surface area contributed by atoms with Crippen molar-refractivity contribution in [1.29, 1.82) is 0 Å². The summed E-state index contributed by atoms with van der Waals surface area (Å²) < 4.78 is 2.43. The van der Waals surface area contributed by atoms with E-state index in [9.17, 15) is 9.59 Å². The van der Waals surface area contributed by atoms with E-state index in [2.05, 4.69) is 20.7 Å². The van der Waals surface area contributed by atoms with Gasteiger partial charge in [0.05, 0.1) is 15.9 Å². The zero-order valence-corrected chi connectivity index (χ0v) is 16.2. The predicted octanol–water partition coefficient (Wildman–Crippen LogP) is 4.35. The summed E-state index contributed by atoms with van der Waals surface area (Å²) in [5.41, 5.74) is 2.44. The van der Waals surface area contributed by atoms with E-state index in [-0.39, 0.29) is 17.5 Å². The minimum Gasteiger partial charge on any atom is -0.326 e. The van der Waals surface area contributed by atoms with Gasteiger partial charge in [-0.3, -0.25) is 14.9 Å². The van der Waals surface area contributed by atoms with Crippen LogP contribution in [0, 0.1) is 0 Å². The summed E-state index contributed by atoms with van der Waals surface area (Å²) in [6.45, 7) is 1.45. The summed E-state index contributed by atoms with van der Waals surface area (Å²) in [5, 5.41) is 10.8. The fraction of sp³-hybridized carbons (Fsp3) is 0.0526. The van der Waals surface area contributed by atoms with Gasteiger partial charge in [0.1, 0.15) is 0 Å². The molecule has 0 unspecified atom stereocenters. The van der Waals surface area contributed by atoms with Gasteiger partial charge in [0, 0.05) is 23.8 Å². The Morgan fingerprint density at radius 2 is 1.96 bits per heavy atom. The molecule has 0 aliphatic heterocycles. The van der Waals surface area contributed by atoms with Crippen LogP contribution in [0.3, 0.4) is 0 Å². The largest absolute Gasteiger partial charge is 0.326 e. The minimum atomic E-state index is -0.359. The van der Waals surface area contributed by atoms with Crippen molar-refractivity contribution < 1.29 is 9.59 Å². The molecule has 2 N–H and O–H groups in total. The Bertz CT molecular complexity index is 1200. The Morgan fingerprint density at radius 1 is 1.11 bits per heavy atom. The molecule has 4 rings (SSSR count). The molecule has 140 valence electrons. The van der Waals surface area contributed by atoms with Gasteiger partial charge in [0.2, 0.25) is 5.91 Å². The minimum absolute atomic E-state index is 0.146. The highest BCUT2D eigenvalue weighted by atomic mass is 35.5. The number of amides is 2. The molecular weight excluding hydrogens is 398 g/mol. The average Bonchev–Trinajstić information content (AvgIpc) is 3.27. The molecule has 2 aromatic carbocycles. The quantitative estimate of drug-likeness (QED) is 0.522. The first-order valence-electron chi connectivity index (χ1n) is 8.29. The van der Waals surface area contributed by atoms with Crippen LogP contribution in [0.1, 0.15) is 17.4 Å². The van der Waals surface area contributed by atoms with Gasteiger partial charge in [-0.25, -0.2) is 9.67 Å². The molecule has 9 heteroatoms. The van der Waals surface area contributed by atoms with Crippen molar-refractivity contribution in [3.8, 4) is 5.69 Å². The zero-order valence-electron chi connectivity index (χ0n) is 14.6. The van der Waals surface area contributed by atoms with E-state index in [1.807, 2.05) is 18.2 Å². The Kier molecular flexibility index (Phi) is 4.81. The van der Waals surface area contributed by atoms with Crippen LogP contribution in [0.15, 0.2) is 54.7 Å². The number of rotatable bonds is 4. The van der Waals surface area contributed by atoms with Crippen LogP contribution in [0.2, 0.25) is 5.02 Å². The molecule has 2 amide bonds. The molecule has 0 fully saturated rings. The van der Waals surface area contributed by atoms with Crippen LogP contribution in [0.4, 0.5) is 10.8 Å². The van der Waals surface area contributed by atoms with Gasteiger partial charge in [-0.1, -0.05) is 29.0 Å². The molecule has 2 heterocycles. The van der Waals surface area contributed by atoms with Crippen LogP contribution in [-0.2, 0) is 4.79 Å². The predicted molar refractivity (Wildman–Crippen MR) is 110 cm³/mol. The van der Waals surface area contributed by atoms with E-state index in [0.29, 0.717) is 15.8 Å². The number of nitrogens with one attached hydrogen (secondary N) is 2. The lowest BCUT2D eigenvalue weighted by Crippen LogP contribution is -2.13. The molecule has 0 aliphatic rings. The molecule has 0 aliphatic carbocycles. The number of anilines is 2. The number of thiazole rings is 1. The van der Waals surface area contributed by atoms with E-state index >= 15 is 0 Å². The van der Waals surface area contributed by atoms with Crippen LogP contribution >= 0.6 is 22.9 Å². The van der Waals surface area contributed by atoms with Gasteiger partial charge >= 0.3 is 0 Å². The second kappa shape index (κ2) is 7.41. The van der Waals surface area contributed by atoms with E-state index in [1.54, 1.807) is 41.2 Å². The lowest BCUT2D eigenvalue weighted by molar-refractivity contribution is -0.114. The molecular formula is C19H14ClN5O2S. The van der Waals surface area contributed by atoms with Crippen molar-refractivity contribution in [1.82, 2.24) is 14.8 Å². The summed E-state index contributed by atoms with van der Waals surface area (Å²) in [7, 11) is 0. The zero-order chi connectivity index (χ0) is 19.7. The second-order valence-electron chi connectivity index (χ2n) is 5.96. The van der Waals surface area contributed by atoms with E-state index in [0.717, 1.165) is 15.9 Å². The number of fused-ring (bicyclic) bond motifs is 1. The Hall–Kier alpha value is -3.23. The first-order chi connectivity index (χ1) is 13.5. The summed E-state index contributed by atoms with van der Waals surface area (Å²) in [4.78, 5) is 28.1. The van der Waals surface area contributed by atoms with Gasteiger partial charge < -0.3 is 5.32 Å². The number of hydrogen-bond donors (Lipinski definition) is 2. The topological polar surface area (TPSA) is 88.9 Å². The molecule has 0 bridgehead atoms. The van der Waals surface area contributed by atoms with Crippen molar-refractivity contribution in [3.63, 3.8) is 0 Å². The average molecular weight is 412 g/mol. The van der Waals surface area contributed by atoms with Gasteiger partial charge in [0.25, 0.3) is 5.91 Å². The van der Waals surface area contributed by atoms with Crippen LogP contribution in [0.5, 0.6) is 0 Å². The van der Waals surface area contributed by atoms with Crippen molar-refractivity contribution in [2.24, 2.45) is 0 Å². The lowest BCUT2D eigenvalue weighted by Gasteiger charge is -2.01. The first kappa shape index (κ1) is 18.1. The molecule has 28 heavy (non-hydrogen) atoms. The van der Waals surface area contributed by atoms with Crippen LogP contribution < -0.4 is 10.6 Å². The molecule has 4 aromatic rings. The molecule has 0 saturated carbocycles. The highest BCUT2D eigenvalue weighted by molar-refractivity contribution is 7.22. The Morgan fingerprint density at radius 3 is 2.75 bits per heavy atom. The van der Waals surface area contributed by atoms with Crippen molar-refractivity contribution in [2.75, 3.05) is 10.6 Å². The fourth-order valence-corrected chi connectivity index (χ4v) is 3.71. The van der Waals surface area contributed by atoms with Crippen LogP contribution in [-0.4, -0.2) is 26.6 Å². The monoisotopic (exact) mass is 411 g/mol. The summed E-state index contributed by atoms with van der Waals surface area (Å²) in [5.74, 6) is -0.505. The third kappa shape index (κ3) is 3.88. The van der Waals surface area contributed by atoms with Gasteiger partial charge in [0.15, 0.2) is 10.8 Å². The van der Waals surface area contributed by atoms with Crippen molar-refractivity contribution in [2.45, 2.75) is 6.92 Å². The van der Waals surface area contributed by atoms with E-state index < -0.39 is 0 Å². The van der Waals surface area contributed by atoms with E-state index in [1.165, 1.54) is 18.3 Å². The number of carbonyl (C=O) groups is 2. The first-order valence-corrected chi connectivity index (χ1v) is 9.48. The normalized spacial score (nSPS) is 10.8. The number of halogens is 1. The fourth-order valence-electron chi connectivity index (χ4n) is 2.63. The number of benzene rings is 2. The SMILES string of the molecule is CC(=O)Nc1ccc2nc(NC(=O)c3ccn(-c4cccc(Cl)c4)n3)sc2c1. The van der Waals surface area contributed by atoms with Crippen molar-refractivity contribution in [3.05, 3.63) is 65.4 Å². The maximum absolute atomic E-state index is 12.5. The Labute approximate surface area is 169 Å². The number of nitrogens with zero attached hydrogens (tertiary/aromatic N) is 3. The lowest BCUT2D eigenvalue weighted by atomic mass is 10.3. The van der Waals surface area contributed by atoms with Gasteiger partial charge in [-0.15, -0.1) is 0 Å². The summed E-state index contributed by atoms with van der Waals surface area (Å²) in [6, 6.07) is 14.2. The van der Waals surface area contributed by atoms with Crippen molar-refractivity contribution >= 4 is 55.8 Å². The van der Waals surface area contributed by atoms with Gasteiger partial charge in [-0.2, -0.15) is 5.10 Å². The summed E-state index contributed by atoms with van der Waals surface area (Å²) >= 11 is 7.32. The molecule has 2 aromatic heterocycles. The number of aromatic nitrogens is 3. The third-order valence-electron chi connectivity index (χ3n) is 3.82.